The Hall–Kier alpha value is -1.13. The highest BCUT2D eigenvalue weighted by Gasteiger charge is 2.32. The first-order valence-corrected chi connectivity index (χ1v) is 5.76. The van der Waals surface area contributed by atoms with Gasteiger partial charge in [-0.2, -0.15) is 0 Å². The molecule has 0 heterocycles. The van der Waals surface area contributed by atoms with Gasteiger partial charge in [-0.15, -0.1) is 12.4 Å². The van der Waals surface area contributed by atoms with Crippen molar-refractivity contribution < 1.29 is 14.2 Å². The quantitative estimate of drug-likeness (QED) is 0.896. The summed E-state index contributed by atoms with van der Waals surface area (Å²) in [6.07, 6.45) is 2.39. The van der Waals surface area contributed by atoms with Gasteiger partial charge in [-0.05, 0) is 24.8 Å². The van der Waals surface area contributed by atoms with Crippen molar-refractivity contribution in [3.63, 3.8) is 0 Å². The van der Waals surface area contributed by atoms with Crippen LogP contribution in [0.1, 0.15) is 24.4 Å². The summed E-state index contributed by atoms with van der Waals surface area (Å²) in [7, 11) is 4.87. The molecule has 1 saturated carbocycles. The van der Waals surface area contributed by atoms with E-state index in [0.29, 0.717) is 17.4 Å². The third-order valence-electron chi connectivity index (χ3n) is 3.22. The molecule has 102 valence electrons. The van der Waals surface area contributed by atoms with E-state index in [1.807, 2.05) is 12.1 Å². The molecular weight excluding hydrogens is 254 g/mol. The number of hydrogen-bond acceptors (Lipinski definition) is 4. The van der Waals surface area contributed by atoms with Crippen LogP contribution in [0.15, 0.2) is 12.1 Å². The SMILES string of the molecule is COc1cc(OC)c([C@@H](N)C2CC2)cc1OC.Cl. The van der Waals surface area contributed by atoms with Crippen molar-refractivity contribution in [3.8, 4) is 17.2 Å². The maximum absolute atomic E-state index is 6.22. The van der Waals surface area contributed by atoms with E-state index < -0.39 is 0 Å². The molecule has 5 heteroatoms. The lowest BCUT2D eigenvalue weighted by molar-refractivity contribution is 0.346. The Morgan fingerprint density at radius 2 is 1.50 bits per heavy atom. The maximum Gasteiger partial charge on any atom is 0.164 e. The Balaban J connectivity index is 0.00000162. The minimum atomic E-state index is 0. The second-order valence-corrected chi connectivity index (χ2v) is 4.31. The summed E-state index contributed by atoms with van der Waals surface area (Å²) in [5.41, 5.74) is 7.21. The van der Waals surface area contributed by atoms with Crippen LogP contribution >= 0.6 is 12.4 Å². The van der Waals surface area contributed by atoms with Crippen molar-refractivity contribution in [1.82, 2.24) is 0 Å². The molecule has 2 rings (SSSR count). The van der Waals surface area contributed by atoms with Crippen molar-refractivity contribution >= 4 is 12.4 Å². The fraction of sp³-hybridized carbons (Fsp3) is 0.538. The number of methoxy groups -OCH3 is 3. The molecule has 1 aromatic rings. The van der Waals surface area contributed by atoms with Crippen LogP contribution in [-0.4, -0.2) is 21.3 Å². The lowest BCUT2D eigenvalue weighted by atomic mass is 10.0. The second-order valence-electron chi connectivity index (χ2n) is 4.31. The highest BCUT2D eigenvalue weighted by atomic mass is 35.5. The largest absolute Gasteiger partial charge is 0.496 e. The van der Waals surface area contributed by atoms with E-state index in [4.69, 9.17) is 19.9 Å². The summed E-state index contributed by atoms with van der Waals surface area (Å²) >= 11 is 0. The molecule has 18 heavy (non-hydrogen) atoms. The highest BCUT2D eigenvalue weighted by molar-refractivity contribution is 5.85. The van der Waals surface area contributed by atoms with Crippen molar-refractivity contribution in [3.05, 3.63) is 17.7 Å². The van der Waals surface area contributed by atoms with E-state index in [2.05, 4.69) is 0 Å². The van der Waals surface area contributed by atoms with Crippen LogP contribution in [0.2, 0.25) is 0 Å². The monoisotopic (exact) mass is 273 g/mol. The van der Waals surface area contributed by atoms with Crippen molar-refractivity contribution in [2.24, 2.45) is 11.7 Å². The molecule has 0 spiro atoms. The lowest BCUT2D eigenvalue weighted by Crippen LogP contribution is -2.14. The minimum absolute atomic E-state index is 0. The predicted octanol–water partition coefficient (Wildman–Crippen LogP) is 2.54. The van der Waals surface area contributed by atoms with Gasteiger partial charge in [0.25, 0.3) is 0 Å². The number of halogens is 1. The Labute approximate surface area is 114 Å². The molecule has 1 fully saturated rings. The summed E-state index contributed by atoms with van der Waals surface area (Å²) in [6, 6.07) is 3.77. The zero-order chi connectivity index (χ0) is 12.4. The second kappa shape index (κ2) is 6.16. The number of benzene rings is 1. The highest BCUT2D eigenvalue weighted by Crippen LogP contribution is 2.45. The Kier molecular flexibility index (Phi) is 5.11. The van der Waals surface area contributed by atoms with E-state index in [9.17, 15) is 0 Å². The van der Waals surface area contributed by atoms with Gasteiger partial charge in [-0.1, -0.05) is 0 Å². The third-order valence-corrected chi connectivity index (χ3v) is 3.22. The van der Waals surface area contributed by atoms with Gasteiger partial charge < -0.3 is 19.9 Å². The van der Waals surface area contributed by atoms with Crippen molar-refractivity contribution in [2.75, 3.05) is 21.3 Å². The first-order chi connectivity index (χ1) is 8.21. The molecule has 0 bridgehead atoms. The van der Waals surface area contributed by atoms with Gasteiger partial charge in [0.15, 0.2) is 11.5 Å². The Morgan fingerprint density at radius 3 is 1.94 bits per heavy atom. The van der Waals surface area contributed by atoms with Crippen LogP contribution in [0.4, 0.5) is 0 Å². The fourth-order valence-electron chi connectivity index (χ4n) is 2.02. The molecule has 0 radical (unpaired) electrons. The predicted molar refractivity (Wildman–Crippen MR) is 73.0 cm³/mol. The van der Waals surface area contributed by atoms with E-state index in [0.717, 1.165) is 11.3 Å². The number of rotatable bonds is 5. The van der Waals surface area contributed by atoms with Gasteiger partial charge in [0.1, 0.15) is 5.75 Å². The summed E-state index contributed by atoms with van der Waals surface area (Å²) in [6.45, 7) is 0. The van der Waals surface area contributed by atoms with E-state index >= 15 is 0 Å². The van der Waals surface area contributed by atoms with Gasteiger partial charge in [0, 0.05) is 17.7 Å². The Bertz CT molecular complexity index is 407. The number of hydrogen-bond donors (Lipinski definition) is 1. The first kappa shape index (κ1) is 14.9. The number of ether oxygens (including phenoxy) is 3. The molecule has 1 aromatic carbocycles. The summed E-state index contributed by atoms with van der Waals surface area (Å²) in [5.74, 6) is 2.69. The van der Waals surface area contributed by atoms with Gasteiger partial charge in [0.2, 0.25) is 0 Å². The zero-order valence-electron chi connectivity index (χ0n) is 10.9. The fourth-order valence-corrected chi connectivity index (χ4v) is 2.02. The molecule has 0 aliphatic heterocycles. The number of nitrogens with two attached hydrogens (primary N) is 1. The molecule has 2 N–H and O–H groups in total. The topological polar surface area (TPSA) is 53.7 Å². The average molecular weight is 274 g/mol. The Morgan fingerprint density at radius 1 is 1.00 bits per heavy atom. The van der Waals surface area contributed by atoms with E-state index in [1.165, 1.54) is 12.8 Å². The van der Waals surface area contributed by atoms with Crippen LogP contribution in [-0.2, 0) is 0 Å². The van der Waals surface area contributed by atoms with Gasteiger partial charge in [-0.3, -0.25) is 0 Å². The summed E-state index contributed by atoms with van der Waals surface area (Å²) < 4.78 is 15.9. The van der Waals surface area contributed by atoms with Gasteiger partial charge >= 0.3 is 0 Å². The third kappa shape index (κ3) is 2.82. The van der Waals surface area contributed by atoms with E-state index in [-0.39, 0.29) is 18.4 Å². The van der Waals surface area contributed by atoms with Crippen molar-refractivity contribution in [1.29, 1.82) is 0 Å². The van der Waals surface area contributed by atoms with Gasteiger partial charge in [0.05, 0.1) is 21.3 Å². The first-order valence-electron chi connectivity index (χ1n) is 5.76. The van der Waals surface area contributed by atoms with Crippen LogP contribution in [0.25, 0.3) is 0 Å². The molecule has 4 nitrogen and oxygen atoms in total. The molecule has 1 atom stereocenters. The molecular formula is C13H20ClNO3. The smallest absolute Gasteiger partial charge is 0.164 e. The summed E-state index contributed by atoms with van der Waals surface area (Å²) in [5, 5.41) is 0. The normalized spacial score (nSPS) is 15.6. The lowest BCUT2D eigenvalue weighted by Gasteiger charge is -2.18. The van der Waals surface area contributed by atoms with Gasteiger partial charge in [-0.25, -0.2) is 0 Å². The summed E-state index contributed by atoms with van der Waals surface area (Å²) in [4.78, 5) is 0. The molecule has 0 aromatic heterocycles. The molecule has 1 aliphatic carbocycles. The molecule has 1 aliphatic rings. The van der Waals surface area contributed by atoms with Crippen LogP contribution in [0, 0.1) is 5.92 Å². The zero-order valence-corrected chi connectivity index (χ0v) is 11.8. The van der Waals surface area contributed by atoms with Crippen LogP contribution < -0.4 is 19.9 Å². The molecule has 0 amide bonds. The molecule has 0 unspecified atom stereocenters. The maximum atomic E-state index is 6.22. The molecule has 0 saturated heterocycles. The van der Waals surface area contributed by atoms with E-state index in [1.54, 1.807) is 21.3 Å². The minimum Gasteiger partial charge on any atom is -0.496 e. The van der Waals surface area contributed by atoms with Crippen LogP contribution in [0.3, 0.4) is 0 Å². The average Bonchev–Trinajstić information content (AvgIpc) is 3.20. The van der Waals surface area contributed by atoms with Crippen molar-refractivity contribution in [2.45, 2.75) is 18.9 Å². The van der Waals surface area contributed by atoms with Crippen LogP contribution in [0.5, 0.6) is 17.2 Å². The standard InChI is InChI=1S/C13H19NO3.ClH/c1-15-10-7-12(17-3)11(16-2)6-9(10)13(14)8-4-5-8;/h6-8,13H,4-5,14H2,1-3H3;1H/t13-;/m0./s1.